The smallest absolute Gasteiger partial charge is 0.282 e. The van der Waals surface area contributed by atoms with Crippen LogP contribution in [0.2, 0.25) is 0 Å². The largest absolute Gasteiger partial charge is 0.321 e. The van der Waals surface area contributed by atoms with Crippen LogP contribution in [0.1, 0.15) is 23.6 Å². The highest BCUT2D eigenvalue weighted by Crippen LogP contribution is 2.21. The monoisotopic (exact) mass is 372 g/mol. The van der Waals surface area contributed by atoms with Gasteiger partial charge in [0.15, 0.2) is 12.6 Å². The van der Waals surface area contributed by atoms with Gasteiger partial charge in [-0.2, -0.15) is 0 Å². The summed E-state index contributed by atoms with van der Waals surface area (Å²) in [5.41, 5.74) is 4.52. The van der Waals surface area contributed by atoms with Gasteiger partial charge in [-0.1, -0.05) is 17.7 Å². The Labute approximate surface area is 159 Å². The third-order valence-corrected chi connectivity index (χ3v) is 4.63. The third-order valence-electron chi connectivity index (χ3n) is 4.63. The number of nitrogens with one attached hydrogen (secondary N) is 3. The molecule has 0 heterocycles. The first-order valence-electron chi connectivity index (χ1n) is 8.94. The lowest BCUT2D eigenvalue weighted by Crippen LogP contribution is -3.14. The van der Waals surface area contributed by atoms with Crippen molar-refractivity contribution in [3.05, 3.63) is 58.9 Å². The van der Waals surface area contributed by atoms with Crippen molar-refractivity contribution in [2.24, 2.45) is 0 Å². The molecule has 2 rings (SSSR count). The van der Waals surface area contributed by atoms with E-state index in [2.05, 4.69) is 10.6 Å². The molecule has 27 heavy (non-hydrogen) atoms. The molecule has 2 aromatic rings. The zero-order valence-corrected chi connectivity index (χ0v) is 16.4. The summed E-state index contributed by atoms with van der Waals surface area (Å²) >= 11 is 0. The molecule has 0 bridgehead atoms. The zero-order valence-electron chi connectivity index (χ0n) is 16.4. The minimum Gasteiger partial charge on any atom is -0.321 e. The molecule has 0 aliphatic rings. The molecule has 0 saturated carbocycles. The average Bonchev–Trinajstić information content (AvgIpc) is 2.59. The first kappa shape index (κ1) is 20.6. The Morgan fingerprint density at radius 1 is 1.04 bits per heavy atom. The maximum Gasteiger partial charge on any atom is 0.282 e. The SMILES string of the molecule is Cc1cc(C)c(NC(=O)[C@H](C)[NH+](C)CC(=O)Nc2ccc(F)cc2)c(C)c1. The van der Waals surface area contributed by atoms with Gasteiger partial charge in [-0.15, -0.1) is 0 Å². The number of carbonyl (C=O) groups excluding carboxylic acids is 2. The molecule has 6 heteroatoms. The van der Waals surface area contributed by atoms with Crippen LogP contribution in [0.25, 0.3) is 0 Å². The van der Waals surface area contributed by atoms with Crippen LogP contribution < -0.4 is 15.5 Å². The fraction of sp³-hybridized carbons (Fsp3) is 0.333. The summed E-state index contributed by atoms with van der Waals surface area (Å²) in [7, 11) is 1.79. The second-order valence-corrected chi connectivity index (χ2v) is 7.06. The molecular formula is C21H27FN3O2+. The van der Waals surface area contributed by atoms with Gasteiger partial charge in [-0.3, -0.25) is 9.59 Å². The number of rotatable bonds is 6. The van der Waals surface area contributed by atoms with Crippen molar-refractivity contribution >= 4 is 23.2 Å². The Hall–Kier alpha value is -2.73. The number of benzene rings is 2. The van der Waals surface area contributed by atoms with Crippen molar-refractivity contribution in [3.63, 3.8) is 0 Å². The van der Waals surface area contributed by atoms with E-state index in [0.717, 1.165) is 27.3 Å². The average molecular weight is 372 g/mol. The summed E-state index contributed by atoms with van der Waals surface area (Å²) in [6.45, 7) is 7.86. The summed E-state index contributed by atoms with van der Waals surface area (Å²) in [4.78, 5) is 25.6. The maximum absolute atomic E-state index is 12.9. The second kappa shape index (κ2) is 8.77. The van der Waals surface area contributed by atoms with Crippen LogP contribution in [-0.2, 0) is 9.59 Å². The third kappa shape index (κ3) is 5.62. The van der Waals surface area contributed by atoms with Gasteiger partial charge in [0.1, 0.15) is 5.82 Å². The number of halogens is 1. The number of likely N-dealkylation sites (N-methyl/N-ethyl adjacent to an activating group) is 1. The van der Waals surface area contributed by atoms with Crippen LogP contribution in [0.15, 0.2) is 36.4 Å². The van der Waals surface area contributed by atoms with Crippen molar-refractivity contribution in [1.82, 2.24) is 0 Å². The number of aryl methyl sites for hydroxylation is 3. The Morgan fingerprint density at radius 3 is 2.15 bits per heavy atom. The molecule has 0 aromatic heterocycles. The first-order valence-corrected chi connectivity index (χ1v) is 8.94. The highest BCUT2D eigenvalue weighted by molar-refractivity contribution is 5.95. The Kier molecular flexibility index (Phi) is 6.69. The fourth-order valence-corrected chi connectivity index (χ4v) is 2.98. The van der Waals surface area contributed by atoms with E-state index < -0.39 is 6.04 Å². The Morgan fingerprint density at radius 2 is 1.59 bits per heavy atom. The van der Waals surface area contributed by atoms with Gasteiger partial charge < -0.3 is 15.5 Å². The molecule has 144 valence electrons. The van der Waals surface area contributed by atoms with E-state index >= 15 is 0 Å². The van der Waals surface area contributed by atoms with E-state index in [4.69, 9.17) is 0 Å². The summed E-state index contributed by atoms with van der Waals surface area (Å²) in [6, 6.07) is 9.22. The van der Waals surface area contributed by atoms with E-state index in [9.17, 15) is 14.0 Å². The summed E-state index contributed by atoms with van der Waals surface area (Å²) in [5, 5.41) is 5.69. The first-order chi connectivity index (χ1) is 12.7. The topological polar surface area (TPSA) is 62.6 Å². The van der Waals surface area contributed by atoms with Crippen LogP contribution >= 0.6 is 0 Å². The highest BCUT2D eigenvalue weighted by atomic mass is 19.1. The molecule has 3 N–H and O–H groups in total. The molecule has 1 unspecified atom stereocenters. The fourth-order valence-electron chi connectivity index (χ4n) is 2.98. The quantitative estimate of drug-likeness (QED) is 0.728. The second-order valence-electron chi connectivity index (χ2n) is 7.06. The Bertz CT molecular complexity index is 811. The van der Waals surface area contributed by atoms with Crippen LogP contribution in [0.5, 0.6) is 0 Å². The van der Waals surface area contributed by atoms with E-state index in [0.29, 0.717) is 5.69 Å². The van der Waals surface area contributed by atoms with Crippen LogP contribution in [-0.4, -0.2) is 31.4 Å². The maximum atomic E-state index is 12.9. The number of anilines is 2. The van der Waals surface area contributed by atoms with Gasteiger partial charge in [0, 0.05) is 11.4 Å². The molecule has 0 fully saturated rings. The van der Waals surface area contributed by atoms with E-state index in [-0.39, 0.29) is 24.2 Å². The van der Waals surface area contributed by atoms with Crippen molar-refractivity contribution < 1.29 is 18.9 Å². The molecule has 2 atom stereocenters. The van der Waals surface area contributed by atoms with Crippen molar-refractivity contribution in [3.8, 4) is 0 Å². The minimum atomic E-state index is -0.413. The lowest BCUT2D eigenvalue weighted by Gasteiger charge is -2.22. The van der Waals surface area contributed by atoms with Crippen LogP contribution in [0.4, 0.5) is 15.8 Å². The van der Waals surface area contributed by atoms with Crippen molar-refractivity contribution in [1.29, 1.82) is 0 Å². The van der Waals surface area contributed by atoms with Crippen LogP contribution in [0, 0.1) is 26.6 Å². The lowest BCUT2D eigenvalue weighted by molar-refractivity contribution is -0.885. The van der Waals surface area contributed by atoms with Crippen molar-refractivity contribution in [2.45, 2.75) is 33.7 Å². The number of hydrogen-bond donors (Lipinski definition) is 3. The highest BCUT2D eigenvalue weighted by Gasteiger charge is 2.24. The van der Waals surface area contributed by atoms with Gasteiger partial charge >= 0.3 is 0 Å². The standard InChI is InChI=1S/C21H26FN3O2/c1-13-10-14(2)20(15(3)11-13)24-21(27)16(4)25(5)12-19(26)23-18-8-6-17(22)7-9-18/h6-11,16H,12H2,1-5H3,(H,23,26)(H,24,27)/p+1/t16-/m0/s1. The molecule has 0 aliphatic carbocycles. The predicted molar refractivity (Wildman–Crippen MR) is 106 cm³/mol. The summed E-state index contributed by atoms with van der Waals surface area (Å²) < 4.78 is 12.9. The van der Waals surface area contributed by atoms with Gasteiger partial charge in [-0.25, -0.2) is 4.39 Å². The number of carbonyl (C=O) groups is 2. The van der Waals surface area contributed by atoms with E-state index in [1.807, 2.05) is 32.9 Å². The molecule has 0 radical (unpaired) electrons. The van der Waals surface area contributed by atoms with E-state index in [1.165, 1.54) is 24.3 Å². The number of quaternary nitrogens is 1. The Balaban J connectivity index is 1.95. The summed E-state index contributed by atoms with van der Waals surface area (Å²) in [6.07, 6.45) is 0. The van der Waals surface area contributed by atoms with Gasteiger partial charge in [0.25, 0.3) is 11.8 Å². The number of hydrogen-bond acceptors (Lipinski definition) is 2. The van der Waals surface area contributed by atoms with Gasteiger partial charge in [0.05, 0.1) is 7.05 Å². The molecule has 2 aromatic carbocycles. The zero-order chi connectivity index (χ0) is 20.1. The minimum absolute atomic E-state index is 0.123. The predicted octanol–water partition coefficient (Wildman–Crippen LogP) is 2.23. The van der Waals surface area contributed by atoms with Gasteiger partial charge in [-0.05, 0) is 63.1 Å². The molecule has 0 spiro atoms. The lowest BCUT2D eigenvalue weighted by atomic mass is 10.0. The van der Waals surface area contributed by atoms with E-state index in [1.54, 1.807) is 14.0 Å². The molecular weight excluding hydrogens is 345 g/mol. The van der Waals surface area contributed by atoms with Crippen LogP contribution in [0.3, 0.4) is 0 Å². The summed E-state index contributed by atoms with van der Waals surface area (Å²) in [5.74, 6) is -0.735. The molecule has 2 amide bonds. The number of amides is 2. The molecule has 5 nitrogen and oxygen atoms in total. The molecule has 0 aliphatic heterocycles. The molecule has 0 saturated heterocycles. The van der Waals surface area contributed by atoms with Gasteiger partial charge in [0.2, 0.25) is 0 Å². The normalized spacial score (nSPS) is 13.0. The van der Waals surface area contributed by atoms with Crippen molar-refractivity contribution in [2.75, 3.05) is 24.2 Å².